The van der Waals surface area contributed by atoms with Crippen molar-refractivity contribution in [1.29, 1.82) is 0 Å². The molecular formula is C44H68Br2N4O2S2. The van der Waals surface area contributed by atoms with E-state index in [9.17, 15) is 0 Å². The molecule has 10 heteroatoms. The van der Waals surface area contributed by atoms with Crippen LogP contribution in [0.25, 0.3) is 11.4 Å². The molecule has 2 aliphatic heterocycles. The number of hydrogen-bond acceptors (Lipinski definition) is 6. The summed E-state index contributed by atoms with van der Waals surface area (Å²) in [4.78, 5) is 44.9. The monoisotopic (exact) mass is 906 g/mol. The summed E-state index contributed by atoms with van der Waals surface area (Å²) in [6, 6.07) is 0. The third-order valence-electron chi connectivity index (χ3n) is 11.3. The molecule has 0 saturated carbocycles. The number of fused-ring (bicyclic) bond motifs is 1. The van der Waals surface area contributed by atoms with Crippen molar-refractivity contribution in [3.63, 3.8) is 0 Å². The van der Waals surface area contributed by atoms with Crippen molar-refractivity contribution < 1.29 is 9.59 Å². The lowest BCUT2D eigenvalue weighted by Gasteiger charge is -2.29. The highest BCUT2D eigenvalue weighted by Gasteiger charge is 2.50. The van der Waals surface area contributed by atoms with Gasteiger partial charge in [-0.25, -0.2) is 9.97 Å². The van der Waals surface area contributed by atoms with E-state index in [1.54, 1.807) is 0 Å². The van der Waals surface area contributed by atoms with E-state index in [1.807, 2.05) is 22.2 Å². The van der Waals surface area contributed by atoms with E-state index >= 15 is 9.59 Å². The standard InChI is InChI=1S/C44H68Br2N4O2S2/c1-5-9-13-17-19-23-27-33(25-21-15-11-7-3)31-49-39(35-29-47-43(45)53-35)37-38(41(49)51)40(36-30-48-44(46)54-36)50(42(37)52)32-34(26-22-16-12-8-4)28-24-20-18-14-10-6-2/h29-30,33-34H,5-28,31-32H2,1-4H3. The van der Waals surface area contributed by atoms with Crippen LogP contribution >= 0.6 is 54.5 Å². The number of hydrogen-bond donors (Lipinski definition) is 0. The quantitative estimate of drug-likeness (QED) is 0.0733. The Morgan fingerprint density at radius 3 is 1.09 bits per heavy atom. The molecule has 0 aliphatic carbocycles. The van der Waals surface area contributed by atoms with Gasteiger partial charge >= 0.3 is 0 Å². The van der Waals surface area contributed by atoms with Gasteiger partial charge in [0.25, 0.3) is 11.8 Å². The molecule has 54 heavy (non-hydrogen) atoms. The first-order valence-corrected chi connectivity index (χ1v) is 24.9. The van der Waals surface area contributed by atoms with Crippen LogP contribution in [0.2, 0.25) is 0 Å². The van der Waals surface area contributed by atoms with Crippen LogP contribution in [0.15, 0.2) is 31.4 Å². The Balaban J connectivity index is 1.69. The zero-order valence-electron chi connectivity index (χ0n) is 33.9. The number of nitrogens with zero attached hydrogens (tertiary/aromatic N) is 4. The normalized spacial score (nSPS) is 15.7. The van der Waals surface area contributed by atoms with Gasteiger partial charge in [0.05, 0.1) is 32.3 Å². The highest BCUT2D eigenvalue weighted by molar-refractivity contribution is 9.11. The van der Waals surface area contributed by atoms with Crippen LogP contribution < -0.4 is 0 Å². The maximum atomic E-state index is 15.0. The summed E-state index contributed by atoms with van der Waals surface area (Å²) in [7, 11) is 0. The van der Waals surface area contributed by atoms with Gasteiger partial charge in [0, 0.05) is 25.5 Å². The number of rotatable bonds is 30. The van der Waals surface area contributed by atoms with Crippen LogP contribution in [0.4, 0.5) is 0 Å². The SMILES string of the molecule is CCCCCCCCC(CCCCCC)CN1C(=O)C2=C(c3cnc(Br)s3)N(CC(CCCCCC)CCCCCCCC)C(=O)C2=C1c1cnc(Br)s1. The van der Waals surface area contributed by atoms with E-state index < -0.39 is 0 Å². The van der Waals surface area contributed by atoms with Crippen LogP contribution in [0.3, 0.4) is 0 Å². The molecule has 4 rings (SSSR count). The van der Waals surface area contributed by atoms with E-state index in [-0.39, 0.29) is 11.8 Å². The van der Waals surface area contributed by atoms with Crippen LogP contribution in [0.5, 0.6) is 0 Å². The molecule has 2 atom stereocenters. The molecule has 0 aromatic carbocycles. The van der Waals surface area contributed by atoms with Gasteiger partial charge in [-0.15, -0.1) is 22.7 Å². The Morgan fingerprint density at radius 1 is 0.500 bits per heavy atom. The maximum absolute atomic E-state index is 15.0. The predicted molar refractivity (Wildman–Crippen MR) is 237 cm³/mol. The lowest BCUT2D eigenvalue weighted by atomic mass is 9.93. The van der Waals surface area contributed by atoms with Crippen molar-refractivity contribution in [2.45, 2.75) is 182 Å². The maximum Gasteiger partial charge on any atom is 0.261 e. The fourth-order valence-electron chi connectivity index (χ4n) is 8.30. The number of amides is 2. The van der Waals surface area contributed by atoms with Crippen LogP contribution in [-0.4, -0.2) is 44.7 Å². The minimum atomic E-state index is -0.0307. The average molecular weight is 909 g/mol. The molecule has 0 N–H and O–H groups in total. The van der Waals surface area contributed by atoms with Gasteiger partial charge in [-0.05, 0) is 69.4 Å². The van der Waals surface area contributed by atoms with Crippen molar-refractivity contribution in [3.8, 4) is 0 Å². The largest absolute Gasteiger partial charge is 0.306 e. The molecule has 0 fully saturated rings. The molecule has 0 radical (unpaired) electrons. The summed E-state index contributed by atoms with van der Waals surface area (Å²) in [5, 5.41) is 0. The fraction of sp³-hybridized carbons (Fsp3) is 0.727. The summed E-state index contributed by atoms with van der Waals surface area (Å²) in [5.74, 6) is 0.717. The highest BCUT2D eigenvalue weighted by Crippen LogP contribution is 2.49. The van der Waals surface area contributed by atoms with Gasteiger partial charge in [0.15, 0.2) is 7.83 Å². The first-order valence-electron chi connectivity index (χ1n) is 21.7. The Labute approximate surface area is 352 Å². The zero-order valence-corrected chi connectivity index (χ0v) is 38.7. The molecule has 0 saturated heterocycles. The molecular weight excluding hydrogens is 840 g/mol. The van der Waals surface area contributed by atoms with Gasteiger partial charge in [-0.2, -0.15) is 0 Å². The summed E-state index contributed by atoms with van der Waals surface area (Å²) in [6.07, 6.45) is 33.1. The molecule has 0 bridgehead atoms. The lowest BCUT2D eigenvalue weighted by Crippen LogP contribution is -2.34. The summed E-state index contributed by atoms with van der Waals surface area (Å²) in [5.41, 5.74) is 2.68. The molecule has 4 heterocycles. The molecule has 2 aromatic heterocycles. The minimum absolute atomic E-state index is 0.0307. The van der Waals surface area contributed by atoms with E-state index in [4.69, 9.17) is 0 Å². The van der Waals surface area contributed by atoms with Crippen molar-refractivity contribution in [1.82, 2.24) is 19.8 Å². The second-order valence-electron chi connectivity index (χ2n) is 15.8. The summed E-state index contributed by atoms with van der Waals surface area (Å²) in [6.45, 7) is 10.3. The Morgan fingerprint density at radius 2 is 0.796 bits per heavy atom. The number of thiazole rings is 2. The Hall–Kier alpha value is -1.36. The second kappa shape index (κ2) is 25.1. The van der Waals surface area contributed by atoms with Crippen LogP contribution in [0, 0.1) is 11.8 Å². The molecule has 6 nitrogen and oxygen atoms in total. The third-order valence-corrected chi connectivity index (χ3v) is 14.3. The molecule has 2 aliphatic rings. The van der Waals surface area contributed by atoms with Crippen molar-refractivity contribution >= 4 is 77.7 Å². The van der Waals surface area contributed by atoms with E-state index in [2.05, 4.69) is 69.5 Å². The number of unbranched alkanes of at least 4 members (excludes halogenated alkanes) is 16. The molecule has 0 spiro atoms. The minimum Gasteiger partial charge on any atom is -0.306 e. The van der Waals surface area contributed by atoms with Crippen LogP contribution in [-0.2, 0) is 9.59 Å². The predicted octanol–water partition coefficient (Wildman–Crippen LogP) is 14.6. The van der Waals surface area contributed by atoms with Gasteiger partial charge in [0.1, 0.15) is 0 Å². The van der Waals surface area contributed by atoms with Crippen molar-refractivity contribution in [3.05, 3.63) is 41.1 Å². The highest BCUT2D eigenvalue weighted by atomic mass is 79.9. The first-order chi connectivity index (χ1) is 26.3. The average Bonchev–Trinajstić information content (AvgIpc) is 3.92. The summed E-state index contributed by atoms with van der Waals surface area (Å²) < 4.78 is 1.53. The third kappa shape index (κ3) is 13.4. The molecule has 2 unspecified atom stereocenters. The molecule has 302 valence electrons. The topological polar surface area (TPSA) is 66.4 Å². The number of carbonyl (C=O) groups excluding carboxylic acids is 2. The van der Waals surface area contributed by atoms with Gasteiger partial charge < -0.3 is 9.80 Å². The van der Waals surface area contributed by atoms with E-state index in [0.29, 0.717) is 36.1 Å². The van der Waals surface area contributed by atoms with E-state index in [1.165, 1.54) is 151 Å². The first kappa shape index (κ1) is 45.3. The van der Waals surface area contributed by atoms with Crippen molar-refractivity contribution in [2.24, 2.45) is 11.8 Å². The van der Waals surface area contributed by atoms with E-state index in [0.717, 1.165) is 54.7 Å². The smallest absolute Gasteiger partial charge is 0.261 e. The number of carbonyl (C=O) groups is 2. The molecule has 2 amide bonds. The Bertz CT molecular complexity index is 1390. The fourth-order valence-corrected chi connectivity index (χ4v) is 11.0. The lowest BCUT2D eigenvalue weighted by molar-refractivity contribution is -0.124. The number of aromatic nitrogens is 2. The van der Waals surface area contributed by atoms with Crippen LogP contribution in [0.1, 0.15) is 192 Å². The number of halogens is 2. The van der Waals surface area contributed by atoms with Gasteiger partial charge in [-0.1, -0.05) is 156 Å². The molecule has 2 aromatic rings. The van der Waals surface area contributed by atoms with Gasteiger partial charge in [-0.3, -0.25) is 9.59 Å². The van der Waals surface area contributed by atoms with Crippen molar-refractivity contribution in [2.75, 3.05) is 13.1 Å². The Kier molecular flexibility index (Phi) is 21.1. The van der Waals surface area contributed by atoms with Gasteiger partial charge in [0.2, 0.25) is 0 Å². The zero-order chi connectivity index (χ0) is 38.7. The summed E-state index contributed by atoms with van der Waals surface area (Å²) >= 11 is 10.2. The second-order valence-corrected chi connectivity index (χ2v) is 20.4.